The van der Waals surface area contributed by atoms with E-state index < -0.39 is 0 Å². The Hall–Kier alpha value is -2.46. The van der Waals surface area contributed by atoms with Gasteiger partial charge in [-0.3, -0.25) is 9.36 Å². The van der Waals surface area contributed by atoms with Gasteiger partial charge in [0.2, 0.25) is 0 Å². The fourth-order valence-corrected chi connectivity index (χ4v) is 4.78. The van der Waals surface area contributed by atoms with Crippen LogP contribution in [0.25, 0.3) is 10.9 Å². The minimum absolute atomic E-state index is 0.0825. The molecule has 0 saturated heterocycles. The molecule has 4 heteroatoms. The number of aromatic nitrogens is 2. The third kappa shape index (κ3) is 4.59. The van der Waals surface area contributed by atoms with Gasteiger partial charge in [0.15, 0.2) is 0 Å². The second-order valence-corrected chi connectivity index (χ2v) is 8.70. The Kier molecular flexibility index (Phi) is 6.10. The molecule has 0 amide bonds. The van der Waals surface area contributed by atoms with Crippen LogP contribution in [-0.4, -0.2) is 16.1 Å². The number of rotatable bonds is 6. The quantitative estimate of drug-likeness (QED) is 0.675. The number of hydrogen-bond donors (Lipinski definition) is 1. The highest BCUT2D eigenvalue weighted by molar-refractivity contribution is 5.78. The maximum Gasteiger partial charge on any atom is 0.261 e. The van der Waals surface area contributed by atoms with Crippen LogP contribution in [0.3, 0.4) is 0 Å². The van der Waals surface area contributed by atoms with Crippen LogP contribution in [0, 0.1) is 11.8 Å². The topological polar surface area (TPSA) is 60.9 Å². The van der Waals surface area contributed by atoms with Crippen molar-refractivity contribution >= 4 is 10.9 Å². The van der Waals surface area contributed by atoms with Crippen molar-refractivity contribution < 1.29 is 0 Å². The molecule has 1 heterocycles. The Bertz CT molecular complexity index is 1010. The van der Waals surface area contributed by atoms with Crippen LogP contribution in [0.2, 0.25) is 0 Å². The van der Waals surface area contributed by atoms with Gasteiger partial charge in [0.1, 0.15) is 0 Å². The van der Waals surface area contributed by atoms with E-state index in [1.54, 1.807) is 6.33 Å². The number of benzene rings is 2. The van der Waals surface area contributed by atoms with E-state index in [2.05, 4.69) is 42.2 Å². The zero-order valence-electron chi connectivity index (χ0n) is 17.3. The Balaban J connectivity index is 1.56. The summed E-state index contributed by atoms with van der Waals surface area (Å²) in [6.45, 7) is 3.74. The van der Waals surface area contributed by atoms with E-state index in [0.29, 0.717) is 17.8 Å². The normalized spacial score (nSPS) is 20.6. The molecule has 1 aliphatic rings. The molecule has 1 saturated carbocycles. The fraction of sp³-hybridized carbons (Fsp3) is 0.440. The van der Waals surface area contributed by atoms with Crippen molar-refractivity contribution in [3.63, 3.8) is 0 Å². The molecule has 1 fully saturated rings. The highest BCUT2D eigenvalue weighted by atomic mass is 16.1. The molecule has 1 aromatic heterocycles. The van der Waals surface area contributed by atoms with Crippen LogP contribution in [0.5, 0.6) is 0 Å². The summed E-state index contributed by atoms with van der Waals surface area (Å²) in [4.78, 5) is 17.7. The SMILES string of the molecule is CC(Cc1ccc2ncn(CC3CCCC(CN)C3)c(=O)c2c1)c1ccccc1. The lowest BCUT2D eigenvalue weighted by atomic mass is 9.81. The van der Waals surface area contributed by atoms with Crippen LogP contribution in [0.1, 0.15) is 49.7 Å². The lowest BCUT2D eigenvalue weighted by Gasteiger charge is -2.28. The lowest BCUT2D eigenvalue weighted by Crippen LogP contribution is -2.29. The molecule has 152 valence electrons. The smallest absolute Gasteiger partial charge is 0.261 e. The molecule has 4 rings (SSSR count). The third-order valence-corrected chi connectivity index (χ3v) is 6.48. The van der Waals surface area contributed by atoms with E-state index in [9.17, 15) is 4.79 Å². The average molecular weight is 390 g/mol. The van der Waals surface area contributed by atoms with Crippen molar-refractivity contribution in [2.24, 2.45) is 17.6 Å². The highest BCUT2D eigenvalue weighted by Gasteiger charge is 2.22. The summed E-state index contributed by atoms with van der Waals surface area (Å²) in [6.07, 6.45) is 7.37. The Morgan fingerprint density at radius 2 is 1.93 bits per heavy atom. The number of fused-ring (bicyclic) bond motifs is 1. The second-order valence-electron chi connectivity index (χ2n) is 8.70. The summed E-state index contributed by atoms with van der Waals surface area (Å²) in [6, 6.07) is 16.7. The molecule has 1 aliphatic carbocycles. The molecule has 0 spiro atoms. The van der Waals surface area contributed by atoms with Gasteiger partial charge in [-0.15, -0.1) is 0 Å². The molecule has 3 aromatic rings. The summed E-state index contributed by atoms with van der Waals surface area (Å²) in [5.74, 6) is 1.53. The summed E-state index contributed by atoms with van der Waals surface area (Å²) >= 11 is 0. The van der Waals surface area contributed by atoms with Crippen molar-refractivity contribution in [1.82, 2.24) is 9.55 Å². The van der Waals surface area contributed by atoms with E-state index in [1.165, 1.54) is 30.4 Å². The molecule has 29 heavy (non-hydrogen) atoms. The van der Waals surface area contributed by atoms with Gasteiger partial charge in [0.05, 0.1) is 17.2 Å². The molecule has 0 bridgehead atoms. The molecule has 2 N–H and O–H groups in total. The van der Waals surface area contributed by atoms with E-state index in [4.69, 9.17) is 5.73 Å². The zero-order chi connectivity index (χ0) is 20.2. The van der Waals surface area contributed by atoms with E-state index in [1.807, 2.05) is 22.8 Å². The highest BCUT2D eigenvalue weighted by Crippen LogP contribution is 2.29. The number of hydrogen-bond acceptors (Lipinski definition) is 3. The van der Waals surface area contributed by atoms with Crippen molar-refractivity contribution in [2.45, 2.75) is 51.5 Å². The van der Waals surface area contributed by atoms with Crippen LogP contribution in [0.4, 0.5) is 0 Å². The summed E-state index contributed by atoms with van der Waals surface area (Å²) < 4.78 is 1.82. The van der Waals surface area contributed by atoms with E-state index >= 15 is 0 Å². The van der Waals surface area contributed by atoms with Crippen LogP contribution >= 0.6 is 0 Å². The maximum absolute atomic E-state index is 13.2. The van der Waals surface area contributed by atoms with Crippen molar-refractivity contribution in [3.05, 3.63) is 76.3 Å². The van der Waals surface area contributed by atoms with Gasteiger partial charge < -0.3 is 5.73 Å². The van der Waals surface area contributed by atoms with Gasteiger partial charge in [-0.2, -0.15) is 0 Å². The minimum atomic E-state index is 0.0825. The Morgan fingerprint density at radius 1 is 1.14 bits per heavy atom. The maximum atomic E-state index is 13.2. The monoisotopic (exact) mass is 389 g/mol. The predicted molar refractivity (Wildman–Crippen MR) is 119 cm³/mol. The van der Waals surface area contributed by atoms with E-state index in [0.717, 1.165) is 36.8 Å². The van der Waals surface area contributed by atoms with Gasteiger partial charge >= 0.3 is 0 Å². The van der Waals surface area contributed by atoms with E-state index in [-0.39, 0.29) is 5.56 Å². The summed E-state index contributed by atoms with van der Waals surface area (Å²) in [5, 5.41) is 0.733. The Morgan fingerprint density at radius 3 is 2.72 bits per heavy atom. The first-order chi connectivity index (χ1) is 14.1. The third-order valence-electron chi connectivity index (χ3n) is 6.48. The second kappa shape index (κ2) is 8.91. The molecule has 4 nitrogen and oxygen atoms in total. The van der Waals surface area contributed by atoms with Crippen LogP contribution in [0.15, 0.2) is 59.7 Å². The predicted octanol–water partition coefficient (Wildman–Crippen LogP) is 4.51. The summed E-state index contributed by atoms with van der Waals surface area (Å²) in [7, 11) is 0. The molecule has 0 radical (unpaired) electrons. The first-order valence-electron chi connectivity index (χ1n) is 10.9. The van der Waals surface area contributed by atoms with Gasteiger partial charge in [-0.25, -0.2) is 4.98 Å². The molecule has 3 unspecified atom stereocenters. The van der Waals surface area contributed by atoms with Gasteiger partial charge in [0.25, 0.3) is 5.56 Å². The largest absolute Gasteiger partial charge is 0.330 e. The minimum Gasteiger partial charge on any atom is -0.330 e. The van der Waals surface area contributed by atoms with Gasteiger partial charge in [0, 0.05) is 6.54 Å². The van der Waals surface area contributed by atoms with Crippen LogP contribution < -0.4 is 11.3 Å². The molecular weight excluding hydrogens is 358 g/mol. The number of nitrogens with zero attached hydrogens (tertiary/aromatic N) is 2. The van der Waals surface area contributed by atoms with Crippen LogP contribution in [-0.2, 0) is 13.0 Å². The molecule has 2 aromatic carbocycles. The first-order valence-corrected chi connectivity index (χ1v) is 10.9. The van der Waals surface area contributed by atoms with Crippen molar-refractivity contribution in [1.29, 1.82) is 0 Å². The average Bonchev–Trinajstić information content (AvgIpc) is 2.77. The van der Waals surface area contributed by atoms with Crippen molar-refractivity contribution in [2.75, 3.05) is 6.54 Å². The van der Waals surface area contributed by atoms with Crippen molar-refractivity contribution in [3.8, 4) is 0 Å². The standard InChI is InChI=1S/C25H31N3O/c1-18(22-8-3-2-4-9-22)12-19-10-11-24-23(14-19)25(29)28(17-27-24)16-21-7-5-6-20(13-21)15-26/h2-4,8-11,14,17-18,20-21H,5-7,12-13,15-16,26H2,1H3. The molecule has 0 aliphatic heterocycles. The summed E-state index contributed by atoms with van der Waals surface area (Å²) in [5.41, 5.74) is 9.25. The first kappa shape index (κ1) is 19.8. The fourth-order valence-electron chi connectivity index (χ4n) is 4.78. The number of nitrogens with two attached hydrogens (primary N) is 1. The Labute approximate surface area is 172 Å². The zero-order valence-corrected chi connectivity index (χ0v) is 17.3. The lowest BCUT2D eigenvalue weighted by molar-refractivity contribution is 0.246. The molecular formula is C25H31N3O. The molecule has 3 atom stereocenters. The van der Waals surface area contributed by atoms with Gasteiger partial charge in [-0.1, -0.05) is 49.7 Å². The van der Waals surface area contributed by atoms with Gasteiger partial charge in [-0.05, 0) is 73.2 Å².